The van der Waals surface area contributed by atoms with E-state index in [1.54, 1.807) is 24.2 Å². The van der Waals surface area contributed by atoms with Crippen molar-refractivity contribution in [3.63, 3.8) is 0 Å². The second kappa shape index (κ2) is 4.47. The number of aromatic nitrogens is 3. The summed E-state index contributed by atoms with van der Waals surface area (Å²) >= 11 is 0. The molecule has 0 saturated carbocycles. The van der Waals surface area contributed by atoms with E-state index in [-0.39, 0.29) is 0 Å². The maximum Gasteiger partial charge on any atom is 0.107 e. The van der Waals surface area contributed by atoms with Crippen LogP contribution in [-0.4, -0.2) is 28.7 Å². The highest BCUT2D eigenvalue weighted by Crippen LogP contribution is 1.77. The number of rotatable bonds is 2. The third kappa shape index (κ3) is 2.83. The van der Waals surface area contributed by atoms with E-state index in [9.17, 15) is 0 Å². The minimum atomic E-state index is 0.467. The predicted octanol–water partition coefficient (Wildman–Crippen LogP) is -0.0721. The van der Waals surface area contributed by atoms with E-state index in [0.717, 1.165) is 0 Å². The molecule has 0 N–H and O–H groups in total. The van der Waals surface area contributed by atoms with Gasteiger partial charge in [-0.15, -0.1) is 5.10 Å². The lowest BCUT2D eigenvalue weighted by atomic mass is 10.6. The van der Waals surface area contributed by atoms with E-state index >= 15 is 0 Å². The number of nitrogens with zero attached hydrogens (tertiary/aromatic N) is 3. The second-order valence-corrected chi connectivity index (χ2v) is 1.89. The summed E-state index contributed by atoms with van der Waals surface area (Å²) in [5, 5.41) is 7.37. The largest absolute Gasteiger partial charge is 0.372 e. The first-order chi connectivity index (χ1) is 5.43. The quantitative estimate of drug-likeness (QED) is 0.555. The lowest BCUT2D eigenvalue weighted by molar-refractivity contribution is 0.239. The fourth-order valence-corrected chi connectivity index (χ4v) is 0.577. The van der Waals surface area contributed by atoms with E-state index in [1.807, 2.05) is 0 Å². The highest BCUT2D eigenvalue weighted by molar-refractivity contribution is 4.98. The van der Waals surface area contributed by atoms with Gasteiger partial charge in [-0.05, 0) is 0 Å². The zero-order valence-electron chi connectivity index (χ0n) is 6.32. The van der Waals surface area contributed by atoms with Crippen molar-refractivity contribution in [2.24, 2.45) is 0 Å². The molecule has 1 aromatic heterocycles. The Morgan fingerprint density at radius 2 is 2.45 bits per heavy atom. The molecule has 1 aromatic rings. The van der Waals surface area contributed by atoms with E-state index in [0.29, 0.717) is 13.2 Å². The average molecular weight is 151 g/mol. The topological polar surface area (TPSA) is 39.9 Å². The van der Waals surface area contributed by atoms with Gasteiger partial charge in [0, 0.05) is 13.3 Å². The van der Waals surface area contributed by atoms with Crippen molar-refractivity contribution >= 4 is 0 Å². The van der Waals surface area contributed by atoms with Crippen molar-refractivity contribution in [3.05, 3.63) is 12.4 Å². The Morgan fingerprint density at radius 1 is 1.55 bits per heavy atom. The molecule has 0 saturated heterocycles. The van der Waals surface area contributed by atoms with Crippen LogP contribution in [0.3, 0.4) is 0 Å². The van der Waals surface area contributed by atoms with Crippen LogP contribution in [0.2, 0.25) is 0 Å². The lowest BCUT2D eigenvalue weighted by Gasteiger charge is -1.87. The summed E-state index contributed by atoms with van der Waals surface area (Å²) in [5.41, 5.74) is 0. The van der Waals surface area contributed by atoms with Crippen molar-refractivity contribution in [1.82, 2.24) is 15.0 Å². The fraction of sp³-hybridized carbons (Fsp3) is 0.429. The SMILES string of the molecule is COCC#CCn1ccnn1. The van der Waals surface area contributed by atoms with Crippen molar-refractivity contribution < 1.29 is 4.74 Å². The van der Waals surface area contributed by atoms with Gasteiger partial charge < -0.3 is 4.74 Å². The normalized spacial score (nSPS) is 8.82. The molecule has 0 aliphatic carbocycles. The summed E-state index contributed by atoms with van der Waals surface area (Å²) < 4.78 is 6.40. The first kappa shape index (κ1) is 7.76. The molecule has 0 radical (unpaired) electrons. The molecule has 0 unspecified atom stereocenters. The molecule has 0 amide bonds. The number of hydrogen-bond donors (Lipinski definition) is 0. The molecule has 1 rings (SSSR count). The van der Waals surface area contributed by atoms with Gasteiger partial charge in [-0.3, -0.25) is 0 Å². The van der Waals surface area contributed by atoms with E-state index in [4.69, 9.17) is 4.74 Å². The Balaban J connectivity index is 2.30. The molecule has 0 spiro atoms. The van der Waals surface area contributed by atoms with E-state index in [2.05, 4.69) is 22.2 Å². The molecule has 0 fully saturated rings. The van der Waals surface area contributed by atoms with Crippen LogP contribution >= 0.6 is 0 Å². The molecule has 0 atom stereocenters. The highest BCUT2D eigenvalue weighted by Gasteiger charge is 1.83. The molecular formula is C7H9N3O. The highest BCUT2D eigenvalue weighted by atomic mass is 16.5. The molecule has 11 heavy (non-hydrogen) atoms. The lowest BCUT2D eigenvalue weighted by Crippen LogP contribution is -1.96. The van der Waals surface area contributed by atoms with Gasteiger partial charge in [-0.1, -0.05) is 17.1 Å². The summed E-state index contributed by atoms with van der Waals surface area (Å²) in [7, 11) is 1.62. The predicted molar refractivity (Wildman–Crippen MR) is 39.7 cm³/mol. The standard InChI is InChI=1S/C7H9N3O/c1-11-7-3-2-5-10-6-4-8-9-10/h4,6H,5,7H2,1H3. The van der Waals surface area contributed by atoms with E-state index in [1.165, 1.54) is 0 Å². The van der Waals surface area contributed by atoms with Gasteiger partial charge in [0.25, 0.3) is 0 Å². The Bertz CT molecular complexity index is 244. The number of hydrogen-bond acceptors (Lipinski definition) is 3. The smallest absolute Gasteiger partial charge is 0.107 e. The molecule has 0 bridgehead atoms. The molecule has 0 aromatic carbocycles. The van der Waals surface area contributed by atoms with Crippen LogP contribution in [0, 0.1) is 11.8 Å². The van der Waals surface area contributed by atoms with Gasteiger partial charge in [-0.2, -0.15) is 0 Å². The van der Waals surface area contributed by atoms with Crippen LogP contribution in [-0.2, 0) is 11.3 Å². The minimum Gasteiger partial charge on any atom is -0.372 e. The Labute approximate surface area is 65.2 Å². The van der Waals surface area contributed by atoms with Crippen molar-refractivity contribution in [2.45, 2.75) is 6.54 Å². The first-order valence-corrected chi connectivity index (χ1v) is 3.22. The zero-order valence-corrected chi connectivity index (χ0v) is 6.32. The van der Waals surface area contributed by atoms with Crippen molar-refractivity contribution in [3.8, 4) is 11.8 Å². The average Bonchev–Trinajstić information content (AvgIpc) is 2.50. The molecule has 4 heteroatoms. The van der Waals surface area contributed by atoms with Gasteiger partial charge in [0.15, 0.2) is 0 Å². The Hall–Kier alpha value is -1.34. The van der Waals surface area contributed by atoms with Crippen molar-refractivity contribution in [1.29, 1.82) is 0 Å². The summed E-state index contributed by atoms with van der Waals surface area (Å²) in [6, 6.07) is 0. The van der Waals surface area contributed by atoms with Gasteiger partial charge in [0.2, 0.25) is 0 Å². The fourth-order valence-electron chi connectivity index (χ4n) is 0.577. The summed E-state index contributed by atoms with van der Waals surface area (Å²) in [6.45, 7) is 1.04. The summed E-state index contributed by atoms with van der Waals surface area (Å²) in [4.78, 5) is 0. The molecule has 4 nitrogen and oxygen atoms in total. The van der Waals surface area contributed by atoms with Crippen LogP contribution in [0.15, 0.2) is 12.4 Å². The van der Waals surface area contributed by atoms with Crippen LogP contribution in [0.4, 0.5) is 0 Å². The molecule has 58 valence electrons. The van der Waals surface area contributed by atoms with Crippen LogP contribution in [0.5, 0.6) is 0 Å². The zero-order chi connectivity index (χ0) is 7.94. The van der Waals surface area contributed by atoms with Crippen LogP contribution in [0.1, 0.15) is 0 Å². The molecule has 1 heterocycles. The third-order valence-corrected chi connectivity index (χ3v) is 1.05. The van der Waals surface area contributed by atoms with Gasteiger partial charge >= 0.3 is 0 Å². The van der Waals surface area contributed by atoms with Gasteiger partial charge in [-0.25, -0.2) is 4.68 Å². The summed E-state index contributed by atoms with van der Waals surface area (Å²) in [5.74, 6) is 5.69. The Morgan fingerprint density at radius 3 is 3.09 bits per heavy atom. The number of methoxy groups -OCH3 is 1. The Kier molecular flexibility index (Phi) is 3.16. The first-order valence-electron chi connectivity index (χ1n) is 3.22. The maximum atomic E-state index is 4.74. The van der Waals surface area contributed by atoms with Gasteiger partial charge in [0.1, 0.15) is 13.2 Å². The van der Waals surface area contributed by atoms with Crippen LogP contribution in [0.25, 0.3) is 0 Å². The molecular weight excluding hydrogens is 142 g/mol. The number of ether oxygens (including phenoxy) is 1. The van der Waals surface area contributed by atoms with Gasteiger partial charge in [0.05, 0.1) is 6.20 Å². The maximum absolute atomic E-state index is 4.74. The van der Waals surface area contributed by atoms with Crippen LogP contribution < -0.4 is 0 Å². The monoisotopic (exact) mass is 151 g/mol. The summed E-state index contributed by atoms with van der Waals surface area (Å²) in [6.07, 6.45) is 3.39. The second-order valence-electron chi connectivity index (χ2n) is 1.89. The third-order valence-electron chi connectivity index (χ3n) is 1.05. The molecule has 0 aliphatic heterocycles. The van der Waals surface area contributed by atoms with E-state index < -0.39 is 0 Å². The van der Waals surface area contributed by atoms with Crippen molar-refractivity contribution in [2.75, 3.05) is 13.7 Å². The molecule has 0 aliphatic rings. The minimum absolute atomic E-state index is 0.467.